The number of nitrogens with zero attached hydrogens (tertiary/aromatic N) is 5. The maximum Gasteiger partial charge on any atom is 0.262 e. The molecule has 1 saturated heterocycles. The van der Waals surface area contributed by atoms with Gasteiger partial charge in [0, 0.05) is 31.7 Å². The minimum Gasteiger partial charge on any atom is -0.378 e. The Balaban J connectivity index is 1.99. The standard InChI is InChI=1S/C13H17N5O3S/c1-10-3-4-14-13(16-10)11-8-21-6-5-18(11)22(19,20)12-7-17(2)9-15-12/h3-4,7,9,11H,5-6,8H2,1-2H3. The lowest BCUT2D eigenvalue weighted by Gasteiger charge is -2.32. The summed E-state index contributed by atoms with van der Waals surface area (Å²) in [4.78, 5) is 12.5. The summed E-state index contributed by atoms with van der Waals surface area (Å²) in [5.41, 5.74) is 0.783. The zero-order valence-corrected chi connectivity index (χ0v) is 13.2. The van der Waals surface area contributed by atoms with Crippen LogP contribution in [0, 0.1) is 6.92 Å². The number of aromatic nitrogens is 4. The third kappa shape index (κ3) is 2.74. The topological polar surface area (TPSA) is 90.2 Å². The van der Waals surface area contributed by atoms with Gasteiger partial charge >= 0.3 is 0 Å². The van der Waals surface area contributed by atoms with Crippen molar-refractivity contribution in [3.05, 3.63) is 36.3 Å². The molecule has 2 aromatic rings. The molecule has 0 radical (unpaired) electrons. The van der Waals surface area contributed by atoms with Gasteiger partial charge in [-0.2, -0.15) is 4.31 Å². The van der Waals surface area contributed by atoms with Crippen molar-refractivity contribution in [3.63, 3.8) is 0 Å². The van der Waals surface area contributed by atoms with E-state index in [9.17, 15) is 8.42 Å². The summed E-state index contributed by atoms with van der Waals surface area (Å²) in [6.45, 7) is 2.66. The predicted octanol–water partition coefficient (Wildman–Crippen LogP) is 0.281. The van der Waals surface area contributed by atoms with E-state index >= 15 is 0 Å². The first kappa shape index (κ1) is 15.1. The van der Waals surface area contributed by atoms with E-state index in [0.717, 1.165) is 5.69 Å². The second-order valence-electron chi connectivity index (χ2n) is 5.14. The molecule has 2 aromatic heterocycles. The zero-order chi connectivity index (χ0) is 15.7. The smallest absolute Gasteiger partial charge is 0.262 e. The van der Waals surface area contributed by atoms with Crippen molar-refractivity contribution in [2.24, 2.45) is 7.05 Å². The van der Waals surface area contributed by atoms with Gasteiger partial charge < -0.3 is 9.30 Å². The molecule has 0 aliphatic carbocycles. The van der Waals surface area contributed by atoms with Crippen molar-refractivity contribution in [2.45, 2.75) is 18.0 Å². The Kier molecular flexibility index (Phi) is 3.94. The van der Waals surface area contributed by atoms with Gasteiger partial charge in [0.2, 0.25) is 0 Å². The van der Waals surface area contributed by atoms with Crippen molar-refractivity contribution in [1.82, 2.24) is 23.8 Å². The van der Waals surface area contributed by atoms with Crippen LogP contribution in [0.3, 0.4) is 0 Å². The molecule has 118 valence electrons. The van der Waals surface area contributed by atoms with Gasteiger partial charge in [-0.1, -0.05) is 0 Å². The number of ether oxygens (including phenoxy) is 1. The highest BCUT2D eigenvalue weighted by Gasteiger charge is 2.37. The molecular weight excluding hydrogens is 306 g/mol. The highest BCUT2D eigenvalue weighted by molar-refractivity contribution is 7.89. The number of sulfonamides is 1. The summed E-state index contributed by atoms with van der Waals surface area (Å²) in [6.07, 6.45) is 4.57. The number of hydrogen-bond acceptors (Lipinski definition) is 6. The Bertz CT molecular complexity index is 773. The van der Waals surface area contributed by atoms with Crippen LogP contribution in [-0.4, -0.2) is 52.0 Å². The molecule has 0 aromatic carbocycles. The van der Waals surface area contributed by atoms with Crippen molar-refractivity contribution in [1.29, 1.82) is 0 Å². The maximum atomic E-state index is 12.8. The Labute approximate surface area is 128 Å². The molecular formula is C13H17N5O3S. The van der Waals surface area contributed by atoms with Gasteiger partial charge in [0.15, 0.2) is 5.03 Å². The zero-order valence-electron chi connectivity index (χ0n) is 12.4. The molecule has 3 rings (SSSR count). The Morgan fingerprint density at radius 3 is 2.86 bits per heavy atom. The lowest BCUT2D eigenvalue weighted by Crippen LogP contribution is -2.44. The Hall–Kier alpha value is -1.84. The van der Waals surface area contributed by atoms with E-state index in [4.69, 9.17) is 4.74 Å². The number of aryl methyl sites for hydroxylation is 2. The van der Waals surface area contributed by atoms with Crippen LogP contribution in [0.4, 0.5) is 0 Å². The van der Waals surface area contributed by atoms with Crippen LogP contribution in [0.15, 0.2) is 29.8 Å². The van der Waals surface area contributed by atoms with Crippen LogP contribution in [0.5, 0.6) is 0 Å². The number of morpholine rings is 1. The first-order chi connectivity index (χ1) is 10.5. The second-order valence-corrected chi connectivity index (χ2v) is 6.98. The van der Waals surface area contributed by atoms with Crippen LogP contribution >= 0.6 is 0 Å². The highest BCUT2D eigenvalue weighted by Crippen LogP contribution is 2.27. The van der Waals surface area contributed by atoms with Crippen molar-refractivity contribution in [3.8, 4) is 0 Å². The van der Waals surface area contributed by atoms with Crippen molar-refractivity contribution < 1.29 is 13.2 Å². The second kappa shape index (κ2) is 5.75. The van der Waals surface area contributed by atoms with E-state index in [2.05, 4.69) is 15.0 Å². The molecule has 0 saturated carbocycles. The third-order valence-corrected chi connectivity index (χ3v) is 5.24. The monoisotopic (exact) mass is 323 g/mol. The van der Waals surface area contributed by atoms with Gasteiger partial charge in [-0.05, 0) is 13.0 Å². The van der Waals surface area contributed by atoms with E-state index < -0.39 is 16.1 Å². The van der Waals surface area contributed by atoms with Crippen LogP contribution < -0.4 is 0 Å². The fourth-order valence-electron chi connectivity index (χ4n) is 2.35. The average Bonchev–Trinajstić information content (AvgIpc) is 2.95. The lowest BCUT2D eigenvalue weighted by molar-refractivity contribution is 0.0288. The molecule has 1 atom stereocenters. The molecule has 1 fully saturated rings. The number of rotatable bonds is 3. The highest BCUT2D eigenvalue weighted by atomic mass is 32.2. The van der Waals surface area contributed by atoms with E-state index in [1.807, 2.05) is 6.92 Å². The molecule has 0 amide bonds. The third-order valence-electron chi connectivity index (χ3n) is 3.45. The van der Waals surface area contributed by atoms with Crippen molar-refractivity contribution in [2.75, 3.05) is 19.8 Å². The first-order valence-corrected chi connectivity index (χ1v) is 8.29. The van der Waals surface area contributed by atoms with Gasteiger partial charge in [-0.3, -0.25) is 0 Å². The fourth-order valence-corrected chi connectivity index (χ4v) is 3.88. The first-order valence-electron chi connectivity index (χ1n) is 6.85. The summed E-state index contributed by atoms with van der Waals surface area (Å²) in [5, 5.41) is 0.0227. The summed E-state index contributed by atoms with van der Waals surface area (Å²) >= 11 is 0. The van der Waals surface area contributed by atoms with E-state index in [1.54, 1.807) is 23.9 Å². The Morgan fingerprint density at radius 1 is 1.36 bits per heavy atom. The van der Waals surface area contributed by atoms with Gasteiger partial charge in [-0.25, -0.2) is 23.4 Å². The van der Waals surface area contributed by atoms with Crippen LogP contribution in [-0.2, 0) is 21.8 Å². The number of hydrogen-bond donors (Lipinski definition) is 0. The van der Waals surface area contributed by atoms with Gasteiger partial charge in [0.1, 0.15) is 11.9 Å². The molecule has 0 spiro atoms. The molecule has 0 N–H and O–H groups in total. The minimum absolute atomic E-state index is 0.0227. The normalized spacial score (nSPS) is 20.2. The van der Waals surface area contributed by atoms with E-state index in [-0.39, 0.29) is 18.2 Å². The molecule has 9 heteroatoms. The van der Waals surface area contributed by atoms with E-state index in [0.29, 0.717) is 12.4 Å². The molecule has 1 unspecified atom stereocenters. The quantitative estimate of drug-likeness (QED) is 0.806. The number of imidazole rings is 1. The molecule has 1 aliphatic heterocycles. The average molecular weight is 323 g/mol. The van der Waals surface area contributed by atoms with Gasteiger partial charge in [0.25, 0.3) is 10.0 Å². The summed E-state index contributed by atoms with van der Waals surface area (Å²) in [6, 6.07) is 1.23. The van der Waals surface area contributed by atoms with Crippen LogP contribution in [0.1, 0.15) is 17.6 Å². The Morgan fingerprint density at radius 2 is 2.18 bits per heavy atom. The maximum absolute atomic E-state index is 12.8. The van der Waals surface area contributed by atoms with Crippen LogP contribution in [0.2, 0.25) is 0 Å². The summed E-state index contributed by atoms with van der Waals surface area (Å²) in [5.74, 6) is 0.444. The largest absolute Gasteiger partial charge is 0.378 e. The fraction of sp³-hybridized carbons (Fsp3) is 0.462. The van der Waals surface area contributed by atoms with Gasteiger partial charge in [-0.15, -0.1) is 0 Å². The predicted molar refractivity (Wildman–Crippen MR) is 77.4 cm³/mol. The molecule has 0 bridgehead atoms. The molecule has 3 heterocycles. The molecule has 8 nitrogen and oxygen atoms in total. The summed E-state index contributed by atoms with van der Waals surface area (Å²) < 4.78 is 34.0. The van der Waals surface area contributed by atoms with Crippen molar-refractivity contribution >= 4 is 10.0 Å². The summed E-state index contributed by atoms with van der Waals surface area (Å²) in [7, 11) is -1.98. The minimum atomic E-state index is -3.71. The lowest BCUT2D eigenvalue weighted by atomic mass is 10.2. The molecule has 22 heavy (non-hydrogen) atoms. The van der Waals surface area contributed by atoms with E-state index in [1.165, 1.54) is 16.8 Å². The molecule has 1 aliphatic rings. The SMILES string of the molecule is Cc1ccnc(C2COCCN2S(=O)(=O)c2cn(C)cn2)n1. The van der Waals surface area contributed by atoms with Gasteiger partial charge in [0.05, 0.1) is 19.5 Å². The van der Waals surface area contributed by atoms with Crippen LogP contribution in [0.25, 0.3) is 0 Å².